The van der Waals surface area contributed by atoms with Crippen LogP contribution in [0.4, 0.5) is 0 Å². The first-order chi connectivity index (χ1) is 17.1. The summed E-state index contributed by atoms with van der Waals surface area (Å²) in [6, 6.07) is 20.4. The quantitative estimate of drug-likeness (QED) is 0.480. The number of amides is 2. The van der Waals surface area contributed by atoms with E-state index in [0.29, 0.717) is 6.54 Å². The van der Waals surface area contributed by atoms with Crippen LogP contribution in [0, 0.1) is 0 Å². The number of rotatable bonds is 7. The molecule has 7 nitrogen and oxygen atoms in total. The topological polar surface area (TPSA) is 78.0 Å². The molecule has 1 aliphatic rings. The van der Waals surface area contributed by atoms with E-state index in [2.05, 4.69) is 12.6 Å². The molecule has 36 heavy (non-hydrogen) atoms. The Labute approximate surface area is 218 Å². The van der Waals surface area contributed by atoms with E-state index in [1.165, 1.54) is 9.21 Å². The van der Waals surface area contributed by atoms with Crippen LogP contribution in [-0.4, -0.2) is 72.3 Å². The summed E-state index contributed by atoms with van der Waals surface area (Å²) in [6.45, 7) is 2.20. The summed E-state index contributed by atoms with van der Waals surface area (Å²) < 4.78 is 28.5. The fourth-order valence-electron chi connectivity index (χ4n) is 4.58. The fourth-order valence-corrected chi connectivity index (χ4v) is 6.74. The highest BCUT2D eigenvalue weighted by atomic mass is 32.2. The summed E-state index contributed by atoms with van der Waals surface area (Å²) in [6.07, 6.45) is 0.278. The predicted octanol–water partition coefficient (Wildman–Crippen LogP) is 3.41. The average Bonchev–Trinajstić information content (AvgIpc) is 3.29. The van der Waals surface area contributed by atoms with Crippen LogP contribution < -0.4 is 0 Å². The van der Waals surface area contributed by atoms with Gasteiger partial charge in [-0.15, -0.1) is 0 Å². The number of hydrogen-bond donors (Lipinski definition) is 1. The maximum absolute atomic E-state index is 13.6. The lowest BCUT2D eigenvalue weighted by Crippen LogP contribution is -2.52. The number of benzene rings is 3. The van der Waals surface area contributed by atoms with Crippen LogP contribution in [0.1, 0.15) is 18.9 Å². The molecule has 1 fully saturated rings. The molecule has 9 heteroatoms. The minimum Gasteiger partial charge on any atom is -0.340 e. The van der Waals surface area contributed by atoms with Crippen LogP contribution in [0.25, 0.3) is 10.8 Å². The molecule has 1 heterocycles. The van der Waals surface area contributed by atoms with Gasteiger partial charge in [-0.3, -0.25) is 9.59 Å². The fraction of sp³-hybridized carbons (Fsp3) is 0.333. The summed E-state index contributed by atoms with van der Waals surface area (Å²) in [5.74, 6) is -0.635. The van der Waals surface area contributed by atoms with Gasteiger partial charge in [0.2, 0.25) is 21.8 Å². The van der Waals surface area contributed by atoms with E-state index >= 15 is 0 Å². The van der Waals surface area contributed by atoms with Crippen molar-refractivity contribution in [3.05, 3.63) is 78.4 Å². The molecule has 0 bridgehead atoms. The number of hydrogen-bond acceptors (Lipinski definition) is 5. The first-order valence-electron chi connectivity index (χ1n) is 11.8. The predicted molar refractivity (Wildman–Crippen MR) is 144 cm³/mol. The van der Waals surface area contributed by atoms with Gasteiger partial charge in [0.15, 0.2) is 0 Å². The molecular formula is C27H31N3O4S2. The average molecular weight is 526 g/mol. The first-order valence-corrected chi connectivity index (χ1v) is 13.8. The maximum Gasteiger partial charge on any atom is 0.245 e. The molecule has 190 valence electrons. The highest BCUT2D eigenvalue weighted by molar-refractivity contribution is 7.89. The Morgan fingerprint density at radius 2 is 1.64 bits per heavy atom. The minimum absolute atomic E-state index is 0.124. The number of thiol groups is 1. The molecule has 4 rings (SSSR count). The largest absolute Gasteiger partial charge is 0.340 e. The second kappa shape index (κ2) is 10.6. The second-order valence-electron chi connectivity index (χ2n) is 9.29. The summed E-state index contributed by atoms with van der Waals surface area (Å²) in [4.78, 5) is 29.7. The number of fused-ring (bicyclic) bond motifs is 1. The highest BCUT2D eigenvalue weighted by Gasteiger charge is 2.45. The van der Waals surface area contributed by atoms with Crippen molar-refractivity contribution < 1.29 is 18.0 Å². The highest BCUT2D eigenvalue weighted by Crippen LogP contribution is 2.31. The molecule has 0 aliphatic carbocycles. The normalized spacial score (nSPS) is 19.2. The number of nitrogens with zero attached hydrogens (tertiary/aromatic N) is 3. The van der Waals surface area contributed by atoms with Crippen LogP contribution in [0.5, 0.6) is 0 Å². The molecule has 3 atom stereocenters. The Bertz CT molecular complexity index is 1360. The molecule has 1 saturated heterocycles. The molecule has 0 saturated carbocycles. The zero-order chi connectivity index (χ0) is 26.0. The van der Waals surface area contributed by atoms with E-state index in [1.54, 1.807) is 44.1 Å². The Balaban J connectivity index is 1.53. The van der Waals surface area contributed by atoms with Crippen LogP contribution in [0.2, 0.25) is 0 Å². The van der Waals surface area contributed by atoms with E-state index < -0.39 is 28.0 Å². The van der Waals surface area contributed by atoms with Crippen LogP contribution in [0.15, 0.2) is 77.7 Å². The van der Waals surface area contributed by atoms with Gasteiger partial charge >= 0.3 is 0 Å². The lowest BCUT2D eigenvalue weighted by atomic mass is 10.1. The summed E-state index contributed by atoms with van der Waals surface area (Å²) in [5.41, 5.74) is 0.982. The smallest absolute Gasteiger partial charge is 0.245 e. The number of sulfonamides is 1. The zero-order valence-corrected chi connectivity index (χ0v) is 22.3. The summed E-state index contributed by atoms with van der Waals surface area (Å²) in [7, 11) is -0.708. The molecular weight excluding hydrogens is 494 g/mol. The third-order valence-electron chi connectivity index (χ3n) is 6.77. The molecule has 3 aromatic carbocycles. The van der Waals surface area contributed by atoms with Crippen molar-refractivity contribution >= 4 is 45.2 Å². The SMILES string of the molecule is C[C@@H](C(=O)N(C)Cc1ccccc1)N(C)C(=O)[C@@H]1C[C@@H](S)CN1S(=O)(=O)c1ccc2ccccc2c1. The van der Waals surface area contributed by atoms with Gasteiger partial charge in [-0.2, -0.15) is 16.9 Å². The Kier molecular flexibility index (Phi) is 7.73. The van der Waals surface area contributed by atoms with Crippen molar-refractivity contribution in [1.29, 1.82) is 0 Å². The van der Waals surface area contributed by atoms with E-state index in [9.17, 15) is 18.0 Å². The number of likely N-dealkylation sites (N-methyl/N-ethyl adjacent to an activating group) is 2. The maximum atomic E-state index is 13.6. The third-order valence-corrected chi connectivity index (χ3v) is 9.02. The van der Waals surface area contributed by atoms with Gasteiger partial charge in [-0.25, -0.2) is 8.42 Å². The molecule has 0 radical (unpaired) electrons. The summed E-state index contributed by atoms with van der Waals surface area (Å²) in [5, 5.41) is 1.46. The van der Waals surface area contributed by atoms with Crippen molar-refractivity contribution in [2.45, 2.75) is 42.1 Å². The molecule has 0 aromatic heterocycles. The molecule has 1 aliphatic heterocycles. The van der Waals surface area contributed by atoms with Gasteiger partial charge < -0.3 is 9.80 Å². The van der Waals surface area contributed by atoms with Gasteiger partial charge in [0.1, 0.15) is 12.1 Å². The first kappa shape index (κ1) is 26.2. The Hall–Kier alpha value is -2.88. The van der Waals surface area contributed by atoms with Crippen molar-refractivity contribution in [3.63, 3.8) is 0 Å². The lowest BCUT2D eigenvalue weighted by molar-refractivity contribution is -0.145. The standard InChI is InChI=1S/C27H31N3O4S2/c1-19(26(31)28(2)17-20-9-5-4-6-10-20)29(3)27(32)25-16-23(35)18-30(25)36(33,34)24-14-13-21-11-7-8-12-22(21)15-24/h4-15,19,23,25,35H,16-18H2,1-3H3/t19-,23+,25-/m0/s1. The summed E-state index contributed by atoms with van der Waals surface area (Å²) >= 11 is 4.51. The van der Waals surface area contributed by atoms with Gasteiger partial charge in [-0.1, -0.05) is 60.7 Å². The third kappa shape index (κ3) is 5.28. The van der Waals surface area contributed by atoms with Crippen LogP contribution >= 0.6 is 12.6 Å². The van der Waals surface area contributed by atoms with Crippen molar-refractivity contribution in [3.8, 4) is 0 Å². The molecule has 0 N–H and O–H groups in total. The van der Waals surface area contributed by atoms with E-state index in [0.717, 1.165) is 16.3 Å². The van der Waals surface area contributed by atoms with Crippen molar-refractivity contribution in [1.82, 2.24) is 14.1 Å². The van der Waals surface area contributed by atoms with E-state index in [4.69, 9.17) is 0 Å². The molecule has 3 aromatic rings. The number of carbonyl (C=O) groups excluding carboxylic acids is 2. The Morgan fingerprint density at radius 3 is 2.33 bits per heavy atom. The molecule has 0 spiro atoms. The minimum atomic E-state index is -3.95. The van der Waals surface area contributed by atoms with Gasteiger partial charge in [-0.05, 0) is 41.8 Å². The second-order valence-corrected chi connectivity index (χ2v) is 11.9. The molecule has 2 amide bonds. The zero-order valence-electron chi connectivity index (χ0n) is 20.6. The van der Waals surface area contributed by atoms with E-state index in [1.807, 2.05) is 54.6 Å². The van der Waals surface area contributed by atoms with Gasteiger partial charge in [0.25, 0.3) is 0 Å². The van der Waals surface area contributed by atoms with Crippen LogP contribution in [-0.2, 0) is 26.2 Å². The molecule has 0 unspecified atom stereocenters. The lowest BCUT2D eigenvalue weighted by Gasteiger charge is -2.32. The Morgan fingerprint density at radius 1 is 1.00 bits per heavy atom. The van der Waals surface area contributed by atoms with Crippen molar-refractivity contribution in [2.75, 3.05) is 20.6 Å². The van der Waals surface area contributed by atoms with Gasteiger partial charge in [0.05, 0.1) is 4.90 Å². The monoisotopic (exact) mass is 525 g/mol. The van der Waals surface area contributed by atoms with E-state index in [-0.39, 0.29) is 29.0 Å². The van der Waals surface area contributed by atoms with Gasteiger partial charge in [0, 0.05) is 32.4 Å². The van der Waals surface area contributed by atoms with Crippen molar-refractivity contribution in [2.24, 2.45) is 0 Å². The number of carbonyl (C=O) groups is 2. The van der Waals surface area contributed by atoms with Crippen LogP contribution in [0.3, 0.4) is 0 Å².